The molecule has 0 spiro atoms. The number of ether oxygens (including phenoxy) is 2. The van der Waals surface area contributed by atoms with Crippen molar-refractivity contribution >= 4 is 35.4 Å². The predicted octanol–water partition coefficient (Wildman–Crippen LogP) is 5.17. The van der Waals surface area contributed by atoms with Crippen LogP contribution in [-0.4, -0.2) is 55.9 Å². The minimum Gasteiger partial charge on any atom is -0.449 e. The van der Waals surface area contributed by atoms with Gasteiger partial charge in [0.1, 0.15) is 25.3 Å². The highest BCUT2D eigenvalue weighted by molar-refractivity contribution is 5.98. The van der Waals surface area contributed by atoms with Crippen LogP contribution in [0.2, 0.25) is 0 Å². The second kappa shape index (κ2) is 19.4. The summed E-state index contributed by atoms with van der Waals surface area (Å²) in [6, 6.07) is 28.2. The Hall–Kier alpha value is -5.76. The van der Waals surface area contributed by atoms with Gasteiger partial charge >= 0.3 is 12.2 Å². The van der Waals surface area contributed by atoms with Gasteiger partial charge in [-0.3, -0.25) is 14.9 Å². The van der Waals surface area contributed by atoms with Crippen LogP contribution < -0.4 is 38.1 Å². The number of nitrogens with two attached hydrogens (primary N) is 2. The van der Waals surface area contributed by atoms with Crippen molar-refractivity contribution in [2.75, 3.05) is 30.5 Å². The van der Waals surface area contributed by atoms with E-state index in [1.54, 1.807) is 36.4 Å². The molecule has 0 aliphatic heterocycles. The van der Waals surface area contributed by atoms with E-state index in [1.165, 1.54) is 0 Å². The van der Waals surface area contributed by atoms with E-state index >= 15 is 0 Å². The van der Waals surface area contributed by atoms with Crippen molar-refractivity contribution in [2.45, 2.75) is 57.8 Å². The molecule has 0 heterocycles. The Morgan fingerprint density at radius 3 is 1.87 bits per heavy atom. The van der Waals surface area contributed by atoms with Crippen LogP contribution >= 0.6 is 0 Å². The maximum absolute atomic E-state index is 13.6. The first kappa shape index (κ1) is 39.4. The summed E-state index contributed by atoms with van der Waals surface area (Å²) in [7, 11) is 0. The molecule has 0 saturated heterocycles. The quantitative estimate of drug-likeness (QED) is 0.0565. The third kappa shape index (κ3) is 10.7. The van der Waals surface area contributed by atoms with Crippen molar-refractivity contribution in [3.05, 3.63) is 119 Å². The standard InChI is InChI=1S/C41H49N7O6/c1-26(2)37(48-41(52)54-24-35-33-10-5-3-8-31(33)32-9-4-6-11-34(32)35)39(50)47-36(12-7-21-44-25-43)38(49)45-29-19-15-28(16-20-29)23-53-40(51)46-30-17-13-27(22-42)14-18-30/h3-6,8-11,13-20,26,35-37,44H,7,12,21-25,42-43H2,1-2H3,(H,45,49)(H,46,51)(H,47,50)(H,48,52)/t36-,37-/m0/s1. The minimum absolute atomic E-state index is 0.0149. The van der Waals surface area contributed by atoms with Gasteiger partial charge in [-0.05, 0) is 83.0 Å². The molecule has 5 rings (SSSR count). The first-order valence-electron chi connectivity index (χ1n) is 18.1. The van der Waals surface area contributed by atoms with Crippen LogP contribution in [0, 0.1) is 5.92 Å². The van der Waals surface area contributed by atoms with Gasteiger partial charge in [0, 0.05) is 30.5 Å². The molecular weight excluding hydrogens is 686 g/mol. The minimum atomic E-state index is -0.958. The van der Waals surface area contributed by atoms with E-state index in [1.807, 2.05) is 62.4 Å². The molecule has 4 aromatic rings. The van der Waals surface area contributed by atoms with Gasteiger partial charge in [0.25, 0.3) is 0 Å². The molecule has 54 heavy (non-hydrogen) atoms. The van der Waals surface area contributed by atoms with E-state index in [2.05, 4.69) is 38.7 Å². The molecule has 9 N–H and O–H groups in total. The van der Waals surface area contributed by atoms with E-state index in [0.717, 1.165) is 27.8 Å². The smallest absolute Gasteiger partial charge is 0.411 e. The zero-order valence-electron chi connectivity index (χ0n) is 30.6. The molecule has 4 aromatic carbocycles. The number of amides is 4. The predicted molar refractivity (Wildman–Crippen MR) is 208 cm³/mol. The number of fused-ring (bicyclic) bond motifs is 3. The number of nitrogens with one attached hydrogen (secondary N) is 5. The van der Waals surface area contributed by atoms with Crippen LogP contribution in [0.15, 0.2) is 97.1 Å². The summed E-state index contributed by atoms with van der Waals surface area (Å²) < 4.78 is 11.0. The van der Waals surface area contributed by atoms with Crippen molar-refractivity contribution in [3.63, 3.8) is 0 Å². The number of alkyl carbamates (subject to hydrolysis) is 1. The average molecular weight is 736 g/mol. The number of hydrogen-bond acceptors (Lipinski definition) is 9. The number of hydrogen-bond donors (Lipinski definition) is 7. The van der Waals surface area contributed by atoms with Gasteiger partial charge in [-0.15, -0.1) is 0 Å². The number of anilines is 2. The summed E-state index contributed by atoms with van der Waals surface area (Å²) in [5, 5.41) is 14.1. The van der Waals surface area contributed by atoms with Gasteiger partial charge < -0.3 is 42.2 Å². The maximum atomic E-state index is 13.6. The Morgan fingerprint density at radius 2 is 1.28 bits per heavy atom. The van der Waals surface area contributed by atoms with E-state index in [-0.39, 0.29) is 31.7 Å². The highest BCUT2D eigenvalue weighted by Crippen LogP contribution is 2.44. The van der Waals surface area contributed by atoms with Crippen molar-refractivity contribution in [3.8, 4) is 11.1 Å². The lowest BCUT2D eigenvalue weighted by atomic mass is 9.98. The zero-order valence-corrected chi connectivity index (χ0v) is 30.6. The molecule has 0 bridgehead atoms. The summed E-state index contributed by atoms with van der Waals surface area (Å²) >= 11 is 0. The average Bonchev–Trinajstić information content (AvgIpc) is 3.50. The van der Waals surface area contributed by atoms with Crippen LogP contribution in [0.4, 0.5) is 21.0 Å². The molecule has 13 nitrogen and oxygen atoms in total. The SMILES string of the molecule is CC(C)[C@H](NC(=O)OCC1c2ccccc2-c2ccccc21)C(=O)N[C@@H](CCCNCN)C(=O)Nc1ccc(COC(=O)Nc2ccc(CN)cc2)cc1. The Bertz CT molecular complexity index is 1840. The van der Waals surface area contributed by atoms with Crippen LogP contribution in [0.5, 0.6) is 0 Å². The molecule has 4 amide bonds. The number of carbonyl (C=O) groups excluding carboxylic acids is 4. The highest BCUT2D eigenvalue weighted by Gasteiger charge is 2.32. The molecule has 0 saturated carbocycles. The molecule has 1 aliphatic carbocycles. The Labute approximate surface area is 315 Å². The fourth-order valence-corrected chi connectivity index (χ4v) is 6.31. The molecule has 0 radical (unpaired) electrons. The fourth-order valence-electron chi connectivity index (χ4n) is 6.31. The van der Waals surface area contributed by atoms with Crippen molar-refractivity contribution in [1.82, 2.24) is 16.0 Å². The molecule has 284 valence electrons. The van der Waals surface area contributed by atoms with Crippen LogP contribution in [-0.2, 0) is 32.2 Å². The lowest BCUT2D eigenvalue weighted by molar-refractivity contribution is -0.128. The molecule has 13 heteroatoms. The van der Waals surface area contributed by atoms with E-state index in [9.17, 15) is 19.2 Å². The molecule has 1 aliphatic rings. The van der Waals surface area contributed by atoms with E-state index < -0.39 is 36.1 Å². The molecular formula is C41H49N7O6. The second-order valence-corrected chi connectivity index (χ2v) is 13.4. The first-order chi connectivity index (χ1) is 26.2. The largest absolute Gasteiger partial charge is 0.449 e. The maximum Gasteiger partial charge on any atom is 0.411 e. The lowest BCUT2D eigenvalue weighted by Crippen LogP contribution is -2.54. The van der Waals surface area contributed by atoms with E-state index in [0.29, 0.717) is 42.9 Å². The number of benzene rings is 4. The number of carbonyl (C=O) groups is 4. The summed E-state index contributed by atoms with van der Waals surface area (Å²) in [5.41, 5.74) is 18.3. The zero-order chi connectivity index (χ0) is 38.5. The first-order valence-corrected chi connectivity index (χ1v) is 18.1. The van der Waals surface area contributed by atoms with Crippen molar-refractivity contribution in [2.24, 2.45) is 17.4 Å². The molecule has 0 aromatic heterocycles. The van der Waals surface area contributed by atoms with Gasteiger partial charge in [0.05, 0.1) is 0 Å². The molecule has 2 atom stereocenters. The Balaban J connectivity index is 1.15. The third-order valence-electron chi connectivity index (χ3n) is 9.22. The van der Waals surface area contributed by atoms with Gasteiger partial charge in [0.2, 0.25) is 11.8 Å². The van der Waals surface area contributed by atoms with Gasteiger partial charge in [-0.2, -0.15) is 0 Å². The summed E-state index contributed by atoms with van der Waals surface area (Å²) in [6.45, 7) is 4.97. The molecule has 0 fully saturated rings. The topological polar surface area (TPSA) is 199 Å². The van der Waals surface area contributed by atoms with Crippen molar-refractivity contribution < 1.29 is 28.7 Å². The Morgan fingerprint density at radius 1 is 0.685 bits per heavy atom. The second-order valence-electron chi connectivity index (χ2n) is 13.4. The Kier molecular flexibility index (Phi) is 14.1. The highest BCUT2D eigenvalue weighted by atomic mass is 16.6. The van der Waals surface area contributed by atoms with Crippen molar-refractivity contribution in [1.29, 1.82) is 0 Å². The van der Waals surface area contributed by atoms with Crippen LogP contribution in [0.25, 0.3) is 11.1 Å². The normalized spacial score (nSPS) is 12.9. The summed E-state index contributed by atoms with van der Waals surface area (Å²) in [6.07, 6.45) is -0.460. The monoisotopic (exact) mass is 735 g/mol. The van der Waals surface area contributed by atoms with Gasteiger partial charge in [0.15, 0.2) is 0 Å². The third-order valence-corrected chi connectivity index (χ3v) is 9.22. The lowest BCUT2D eigenvalue weighted by Gasteiger charge is -2.25. The van der Waals surface area contributed by atoms with Crippen LogP contribution in [0.3, 0.4) is 0 Å². The van der Waals surface area contributed by atoms with Gasteiger partial charge in [-0.25, -0.2) is 9.59 Å². The number of rotatable bonds is 17. The fraction of sp³-hybridized carbons (Fsp3) is 0.317. The summed E-state index contributed by atoms with van der Waals surface area (Å²) in [4.78, 5) is 52.5. The van der Waals surface area contributed by atoms with Gasteiger partial charge in [-0.1, -0.05) is 86.6 Å². The van der Waals surface area contributed by atoms with E-state index in [4.69, 9.17) is 20.9 Å². The van der Waals surface area contributed by atoms with Crippen LogP contribution in [0.1, 0.15) is 54.9 Å². The molecule has 0 unspecified atom stereocenters. The summed E-state index contributed by atoms with van der Waals surface area (Å²) in [5.74, 6) is -1.37.